The van der Waals surface area contributed by atoms with E-state index in [4.69, 9.17) is 14.6 Å². The molecule has 2 aromatic rings. The zero-order valence-electron chi connectivity index (χ0n) is 14.2. The Morgan fingerprint density at radius 1 is 1.20 bits per heavy atom. The lowest BCUT2D eigenvalue weighted by Gasteiger charge is -2.28. The summed E-state index contributed by atoms with van der Waals surface area (Å²) in [5.74, 6) is 6.88. The number of carboxylic acids is 1. The Morgan fingerprint density at radius 2 is 2.00 bits per heavy atom. The van der Waals surface area contributed by atoms with Crippen molar-refractivity contribution in [1.29, 1.82) is 0 Å². The summed E-state index contributed by atoms with van der Waals surface area (Å²) >= 11 is 0. The third kappa shape index (κ3) is 3.58. The number of benzene rings is 1. The number of nitrogens with zero attached hydrogens (tertiary/aromatic N) is 1. The van der Waals surface area contributed by atoms with Crippen LogP contribution in [0.4, 0.5) is 0 Å². The molecule has 1 aromatic heterocycles. The van der Waals surface area contributed by atoms with Crippen molar-refractivity contribution in [3.05, 3.63) is 52.8 Å². The predicted molar refractivity (Wildman–Crippen MR) is 93.3 cm³/mol. The van der Waals surface area contributed by atoms with Gasteiger partial charge in [0.1, 0.15) is 5.69 Å². The van der Waals surface area contributed by atoms with E-state index in [-0.39, 0.29) is 5.56 Å². The zero-order chi connectivity index (χ0) is 17.8. The average Bonchev–Trinajstić information content (AvgIpc) is 2.58. The van der Waals surface area contributed by atoms with Crippen LogP contribution in [0.15, 0.2) is 30.5 Å². The highest BCUT2D eigenvalue weighted by molar-refractivity contribution is 5.87. The van der Waals surface area contributed by atoms with Crippen LogP contribution >= 0.6 is 0 Å². The second kappa shape index (κ2) is 7.27. The smallest absolute Gasteiger partial charge is 0.335 e. The Labute approximate surface area is 146 Å². The molecule has 25 heavy (non-hydrogen) atoms. The van der Waals surface area contributed by atoms with Gasteiger partial charge in [0.2, 0.25) is 0 Å². The van der Waals surface area contributed by atoms with E-state index in [9.17, 15) is 4.79 Å². The highest BCUT2D eigenvalue weighted by Gasteiger charge is 2.25. The first-order valence-electron chi connectivity index (χ1n) is 8.09. The van der Waals surface area contributed by atoms with Crippen LogP contribution in [0.3, 0.4) is 0 Å². The third-order valence-corrected chi connectivity index (χ3v) is 4.39. The summed E-state index contributed by atoms with van der Waals surface area (Å²) < 4.78 is 11.0. The first-order valence-corrected chi connectivity index (χ1v) is 8.09. The van der Waals surface area contributed by atoms with Gasteiger partial charge in [-0.25, -0.2) is 9.78 Å². The molecule has 128 valence electrons. The van der Waals surface area contributed by atoms with Crippen molar-refractivity contribution in [3.8, 4) is 23.3 Å². The van der Waals surface area contributed by atoms with Gasteiger partial charge >= 0.3 is 5.97 Å². The minimum atomic E-state index is -0.996. The lowest BCUT2D eigenvalue weighted by molar-refractivity contribution is 0.0696. The van der Waals surface area contributed by atoms with Crippen LogP contribution in [0.2, 0.25) is 0 Å². The summed E-state index contributed by atoms with van der Waals surface area (Å²) in [4.78, 5) is 15.1. The van der Waals surface area contributed by atoms with Crippen LogP contribution in [-0.2, 0) is 0 Å². The molecule has 1 fully saturated rings. The molecule has 0 amide bonds. The van der Waals surface area contributed by atoms with E-state index < -0.39 is 5.97 Å². The van der Waals surface area contributed by atoms with Gasteiger partial charge in [0.15, 0.2) is 11.5 Å². The largest absolute Gasteiger partial charge is 0.493 e. The first kappa shape index (κ1) is 16.8. The molecule has 1 N–H and O–H groups in total. The number of ether oxygens (including phenoxy) is 2. The minimum absolute atomic E-state index is 0.168. The molecular weight excluding hydrogens is 318 g/mol. The van der Waals surface area contributed by atoms with Gasteiger partial charge in [-0.1, -0.05) is 12.3 Å². The maximum Gasteiger partial charge on any atom is 0.335 e. The molecule has 0 spiro atoms. The van der Waals surface area contributed by atoms with E-state index in [1.54, 1.807) is 14.2 Å². The summed E-state index contributed by atoms with van der Waals surface area (Å²) in [7, 11) is 3.25. The van der Waals surface area contributed by atoms with Crippen LogP contribution in [-0.4, -0.2) is 30.3 Å². The summed E-state index contributed by atoms with van der Waals surface area (Å²) in [6, 6.07) is 6.76. The van der Waals surface area contributed by atoms with Crippen LogP contribution < -0.4 is 9.47 Å². The fraction of sp³-hybridized carbons (Fsp3) is 0.300. The molecule has 0 bridgehead atoms. The Hall–Kier alpha value is -3.00. The standard InChI is InChI=1S/C20H19NO4/c1-24-18-11-13(10-17(19(18)25-2)14-4-3-5-14)6-7-16-12-15(20(22)23)8-9-21-16/h8-12,14H,3-5H2,1-2H3,(H,22,23). The van der Waals surface area contributed by atoms with E-state index in [1.165, 1.54) is 24.8 Å². The number of carbonyl (C=O) groups is 1. The van der Waals surface area contributed by atoms with Crippen molar-refractivity contribution in [2.24, 2.45) is 0 Å². The minimum Gasteiger partial charge on any atom is -0.493 e. The Kier molecular flexibility index (Phi) is 4.90. The lowest BCUT2D eigenvalue weighted by Crippen LogP contribution is -2.11. The van der Waals surface area contributed by atoms with Crippen molar-refractivity contribution in [2.45, 2.75) is 25.2 Å². The molecule has 0 atom stereocenters. The number of hydrogen-bond donors (Lipinski definition) is 1. The number of aromatic carboxylic acids is 1. The molecule has 3 rings (SSSR count). The summed E-state index contributed by atoms with van der Waals surface area (Å²) in [6.07, 6.45) is 4.94. The van der Waals surface area contributed by atoms with Crippen LogP contribution in [0, 0.1) is 11.8 Å². The van der Waals surface area contributed by atoms with E-state index >= 15 is 0 Å². The van der Waals surface area contributed by atoms with Gasteiger partial charge < -0.3 is 14.6 Å². The summed E-state index contributed by atoms with van der Waals surface area (Å²) in [6.45, 7) is 0. The molecule has 1 aliphatic carbocycles. The molecule has 1 aromatic carbocycles. The van der Waals surface area contributed by atoms with Crippen molar-refractivity contribution < 1.29 is 19.4 Å². The Bertz CT molecular complexity index is 860. The van der Waals surface area contributed by atoms with Gasteiger partial charge in [-0.15, -0.1) is 0 Å². The number of pyridine rings is 1. The van der Waals surface area contributed by atoms with E-state index in [2.05, 4.69) is 16.8 Å². The molecule has 0 aliphatic heterocycles. The Morgan fingerprint density at radius 3 is 2.60 bits per heavy atom. The number of hydrogen-bond acceptors (Lipinski definition) is 4. The second-order valence-electron chi connectivity index (χ2n) is 5.91. The van der Waals surface area contributed by atoms with Crippen LogP contribution in [0.25, 0.3) is 0 Å². The fourth-order valence-electron chi connectivity index (χ4n) is 2.86. The van der Waals surface area contributed by atoms with Crippen molar-refractivity contribution in [3.63, 3.8) is 0 Å². The van der Waals surface area contributed by atoms with E-state index in [0.717, 1.165) is 29.7 Å². The molecule has 0 saturated heterocycles. The van der Waals surface area contributed by atoms with E-state index in [1.807, 2.05) is 12.1 Å². The third-order valence-electron chi connectivity index (χ3n) is 4.39. The van der Waals surface area contributed by atoms with Crippen molar-refractivity contribution in [1.82, 2.24) is 4.98 Å². The van der Waals surface area contributed by atoms with Crippen LogP contribution in [0.1, 0.15) is 52.4 Å². The van der Waals surface area contributed by atoms with Crippen molar-refractivity contribution in [2.75, 3.05) is 14.2 Å². The Balaban J connectivity index is 1.98. The van der Waals surface area contributed by atoms with E-state index in [0.29, 0.717) is 17.4 Å². The monoisotopic (exact) mass is 337 g/mol. The van der Waals surface area contributed by atoms with Gasteiger partial charge in [0.25, 0.3) is 0 Å². The van der Waals surface area contributed by atoms with Gasteiger partial charge in [0, 0.05) is 17.3 Å². The number of aromatic nitrogens is 1. The topological polar surface area (TPSA) is 68.7 Å². The average molecular weight is 337 g/mol. The van der Waals surface area contributed by atoms with Gasteiger partial charge in [0.05, 0.1) is 19.8 Å². The predicted octanol–water partition coefficient (Wildman–Crippen LogP) is 3.46. The molecule has 1 saturated carbocycles. The van der Waals surface area contributed by atoms with Crippen molar-refractivity contribution >= 4 is 5.97 Å². The maximum absolute atomic E-state index is 11.0. The maximum atomic E-state index is 11.0. The fourth-order valence-corrected chi connectivity index (χ4v) is 2.86. The lowest BCUT2D eigenvalue weighted by atomic mass is 9.79. The highest BCUT2D eigenvalue weighted by Crippen LogP contribution is 2.44. The molecule has 0 unspecified atom stereocenters. The van der Waals surface area contributed by atoms with Gasteiger partial charge in [-0.3, -0.25) is 0 Å². The quantitative estimate of drug-likeness (QED) is 0.865. The highest BCUT2D eigenvalue weighted by atomic mass is 16.5. The number of rotatable bonds is 4. The second-order valence-corrected chi connectivity index (χ2v) is 5.91. The SMILES string of the molecule is COc1cc(C#Cc2cc(C(=O)O)ccn2)cc(C2CCC2)c1OC. The molecular formula is C20H19NO4. The molecule has 5 nitrogen and oxygen atoms in total. The zero-order valence-corrected chi connectivity index (χ0v) is 14.2. The molecule has 0 radical (unpaired) electrons. The normalized spacial score (nSPS) is 13.4. The van der Waals surface area contributed by atoms with Gasteiger partial charge in [-0.2, -0.15) is 0 Å². The first-order chi connectivity index (χ1) is 12.1. The van der Waals surface area contributed by atoms with Crippen LogP contribution in [0.5, 0.6) is 11.5 Å². The number of methoxy groups -OCH3 is 2. The van der Waals surface area contributed by atoms with Gasteiger partial charge in [-0.05, 0) is 48.9 Å². The number of carboxylic acid groups (broad SMARTS) is 1. The molecule has 1 aliphatic rings. The summed E-state index contributed by atoms with van der Waals surface area (Å²) in [5.41, 5.74) is 2.49. The summed E-state index contributed by atoms with van der Waals surface area (Å²) in [5, 5.41) is 9.05. The molecule has 5 heteroatoms. The molecule has 1 heterocycles.